The van der Waals surface area contributed by atoms with Crippen LogP contribution in [0.3, 0.4) is 0 Å². The van der Waals surface area contributed by atoms with Gasteiger partial charge in [0, 0.05) is 30.6 Å². The van der Waals surface area contributed by atoms with Crippen molar-refractivity contribution in [3.05, 3.63) is 29.8 Å². The number of fused-ring (bicyclic) bond motifs is 1. The van der Waals surface area contributed by atoms with Crippen LogP contribution in [0.25, 0.3) is 22.0 Å². The fourth-order valence-corrected chi connectivity index (χ4v) is 4.36. The van der Waals surface area contributed by atoms with E-state index in [-0.39, 0.29) is 11.9 Å². The van der Waals surface area contributed by atoms with Gasteiger partial charge in [-0.1, -0.05) is 6.92 Å². The van der Waals surface area contributed by atoms with E-state index in [0.717, 1.165) is 11.9 Å². The summed E-state index contributed by atoms with van der Waals surface area (Å²) in [4.78, 5) is 0. The lowest BCUT2D eigenvalue weighted by molar-refractivity contribution is 0.201. The molecule has 0 bridgehead atoms. The number of aromatic nitrogens is 4. The van der Waals surface area contributed by atoms with E-state index in [1.165, 1.54) is 6.07 Å². The molecule has 0 fully saturated rings. The Morgan fingerprint density at radius 3 is 2.89 bits per heavy atom. The molecule has 1 N–H and O–H groups in total. The van der Waals surface area contributed by atoms with Crippen molar-refractivity contribution in [2.75, 3.05) is 13.1 Å². The normalized spacial score (nSPS) is 12.7. The van der Waals surface area contributed by atoms with Gasteiger partial charge in [0.2, 0.25) is 5.88 Å². The van der Waals surface area contributed by atoms with Gasteiger partial charge >= 0.3 is 0 Å². The minimum absolute atomic E-state index is 0.0878. The number of hydrogen-bond acceptors (Lipinski definition) is 4. The zero-order valence-electron chi connectivity index (χ0n) is 15.3. The van der Waals surface area contributed by atoms with Crippen molar-refractivity contribution in [2.24, 2.45) is 7.05 Å². The molecule has 0 saturated heterocycles. The van der Waals surface area contributed by atoms with Crippen LogP contribution in [-0.2, 0) is 7.05 Å². The molecular weight excluding hydrogens is 479 g/mol. The van der Waals surface area contributed by atoms with Crippen molar-refractivity contribution in [1.29, 1.82) is 0 Å². The van der Waals surface area contributed by atoms with Crippen LogP contribution in [0.1, 0.15) is 19.5 Å². The number of aryl methyl sites for hydroxylation is 1. The van der Waals surface area contributed by atoms with E-state index >= 15 is 0 Å². The van der Waals surface area contributed by atoms with Crippen molar-refractivity contribution >= 4 is 39.3 Å². The van der Waals surface area contributed by atoms with Crippen LogP contribution in [0.4, 0.5) is 4.39 Å². The van der Waals surface area contributed by atoms with Gasteiger partial charge < -0.3 is 10.1 Å². The highest BCUT2D eigenvalue weighted by molar-refractivity contribution is 14.2. The van der Waals surface area contributed by atoms with Crippen LogP contribution >= 0.6 is 28.4 Å². The summed E-state index contributed by atoms with van der Waals surface area (Å²) < 4.78 is 24.3. The molecule has 0 radical (unpaired) electrons. The van der Waals surface area contributed by atoms with E-state index in [0.29, 0.717) is 41.1 Å². The van der Waals surface area contributed by atoms with E-state index in [9.17, 15) is 4.39 Å². The first kappa shape index (κ1) is 20.1. The van der Waals surface area contributed by atoms with Gasteiger partial charge in [-0.05, 0) is 47.5 Å². The standard InChI is InChI=1S/C18H20FIN5OP/c1-5-16-13-7-12(15(19)8-17(13)25(23-16)27-20)14-10-22-24(4)18(14)26-11(3)9-21-6-2/h1,7-8,10-11,21,27H,6,9H2,2-4H3. The van der Waals surface area contributed by atoms with Crippen molar-refractivity contribution < 1.29 is 9.13 Å². The van der Waals surface area contributed by atoms with Gasteiger partial charge in [-0.15, -0.1) is 6.42 Å². The zero-order chi connectivity index (χ0) is 19.6. The molecule has 0 aliphatic heterocycles. The summed E-state index contributed by atoms with van der Waals surface area (Å²) in [5.74, 6) is 2.74. The van der Waals surface area contributed by atoms with Gasteiger partial charge in [0.1, 0.15) is 17.6 Å². The second kappa shape index (κ2) is 8.55. The molecule has 3 rings (SSSR count). The van der Waals surface area contributed by atoms with Crippen molar-refractivity contribution in [3.8, 4) is 29.4 Å². The molecule has 2 unspecified atom stereocenters. The molecule has 0 saturated carbocycles. The summed E-state index contributed by atoms with van der Waals surface area (Å²) in [5, 5.41) is 12.6. The maximum atomic E-state index is 15.0. The van der Waals surface area contributed by atoms with E-state index < -0.39 is 0 Å². The van der Waals surface area contributed by atoms with Crippen molar-refractivity contribution in [1.82, 2.24) is 24.6 Å². The summed E-state index contributed by atoms with van der Waals surface area (Å²) in [6.45, 7) is 5.54. The maximum absolute atomic E-state index is 15.0. The Labute approximate surface area is 172 Å². The minimum Gasteiger partial charge on any atom is -0.473 e. The first-order valence-electron chi connectivity index (χ1n) is 8.45. The molecule has 0 aliphatic rings. The Balaban J connectivity index is 2.08. The lowest BCUT2D eigenvalue weighted by Gasteiger charge is -2.16. The Morgan fingerprint density at radius 2 is 2.22 bits per heavy atom. The number of ether oxygens (including phenoxy) is 1. The molecule has 0 aliphatic carbocycles. The minimum atomic E-state index is -0.362. The third kappa shape index (κ3) is 3.96. The SMILES string of the molecule is C#Cc1nn(PI)c2cc(F)c(-c3cnn(C)c3OC(C)CNCC)cc12. The Kier molecular flexibility index (Phi) is 6.35. The fraction of sp³-hybridized carbons (Fsp3) is 0.333. The molecule has 142 valence electrons. The summed E-state index contributed by atoms with van der Waals surface area (Å²) in [6, 6.07) is 3.21. The Hall–Kier alpha value is -1.69. The number of benzene rings is 1. The van der Waals surface area contributed by atoms with Crippen molar-refractivity contribution in [2.45, 2.75) is 20.0 Å². The van der Waals surface area contributed by atoms with Crippen LogP contribution < -0.4 is 10.1 Å². The Morgan fingerprint density at radius 1 is 1.44 bits per heavy atom. The van der Waals surface area contributed by atoms with Crippen LogP contribution in [0.2, 0.25) is 0 Å². The Bertz CT molecular complexity index is 1010. The predicted octanol–water partition coefficient (Wildman–Crippen LogP) is 3.73. The number of halogens is 2. The molecule has 2 aromatic heterocycles. The van der Waals surface area contributed by atoms with Crippen LogP contribution in [-0.4, -0.2) is 38.5 Å². The van der Waals surface area contributed by atoms with Gasteiger partial charge in [-0.3, -0.25) is 0 Å². The number of terminal acetylenes is 1. The van der Waals surface area contributed by atoms with E-state index in [1.54, 1.807) is 28.4 Å². The number of nitrogens with one attached hydrogen (secondary N) is 1. The predicted molar refractivity (Wildman–Crippen MR) is 116 cm³/mol. The highest BCUT2D eigenvalue weighted by Crippen LogP contribution is 2.37. The fourth-order valence-electron chi connectivity index (χ4n) is 2.84. The van der Waals surface area contributed by atoms with E-state index in [2.05, 4.69) is 43.5 Å². The summed E-state index contributed by atoms with van der Waals surface area (Å²) in [5.41, 5.74) is 2.17. The van der Waals surface area contributed by atoms with Gasteiger partial charge in [0.05, 0.1) is 23.7 Å². The second-order valence-electron chi connectivity index (χ2n) is 6.06. The summed E-state index contributed by atoms with van der Waals surface area (Å²) in [7, 11) is 1.78. The summed E-state index contributed by atoms with van der Waals surface area (Å²) >= 11 is 2.19. The smallest absolute Gasteiger partial charge is 0.220 e. The average Bonchev–Trinajstić information content (AvgIpc) is 3.19. The molecule has 0 amide bonds. The first-order chi connectivity index (χ1) is 13.0. The van der Waals surface area contributed by atoms with Crippen LogP contribution in [0.15, 0.2) is 18.3 Å². The molecule has 2 heterocycles. The number of nitrogens with zero attached hydrogens (tertiary/aromatic N) is 4. The molecule has 2 atom stereocenters. The largest absolute Gasteiger partial charge is 0.473 e. The van der Waals surface area contributed by atoms with Gasteiger partial charge in [0.25, 0.3) is 0 Å². The maximum Gasteiger partial charge on any atom is 0.220 e. The molecule has 27 heavy (non-hydrogen) atoms. The quantitative estimate of drug-likeness (QED) is 0.306. The summed E-state index contributed by atoms with van der Waals surface area (Å²) in [6.07, 6.45) is 7.44. The molecule has 3 aromatic rings. The van der Waals surface area contributed by atoms with E-state index in [4.69, 9.17) is 11.2 Å². The molecule has 9 heteroatoms. The third-order valence-corrected chi connectivity index (χ3v) is 6.03. The molecule has 1 aromatic carbocycles. The van der Waals surface area contributed by atoms with Gasteiger partial charge in [-0.2, -0.15) is 10.2 Å². The van der Waals surface area contributed by atoms with Gasteiger partial charge in [0.15, 0.2) is 0 Å². The number of rotatable bonds is 7. The second-order valence-corrected chi connectivity index (χ2v) is 8.10. The monoisotopic (exact) mass is 499 g/mol. The zero-order valence-corrected chi connectivity index (χ0v) is 18.4. The lowest BCUT2D eigenvalue weighted by Crippen LogP contribution is -2.29. The number of likely N-dealkylation sites (N-methyl/N-ethyl adjacent to an activating group) is 1. The topological polar surface area (TPSA) is 56.9 Å². The molecular formula is C18H20FIN5OP. The van der Waals surface area contributed by atoms with Crippen molar-refractivity contribution in [3.63, 3.8) is 0 Å². The van der Waals surface area contributed by atoms with Gasteiger partial charge in [-0.25, -0.2) is 13.5 Å². The van der Waals surface area contributed by atoms with Crippen LogP contribution in [0.5, 0.6) is 5.88 Å². The van der Waals surface area contributed by atoms with Crippen LogP contribution in [0, 0.1) is 18.2 Å². The lowest BCUT2D eigenvalue weighted by atomic mass is 10.0. The third-order valence-electron chi connectivity index (χ3n) is 4.15. The highest BCUT2D eigenvalue weighted by atomic mass is 127. The molecule has 6 nitrogen and oxygen atoms in total. The molecule has 0 spiro atoms. The average molecular weight is 499 g/mol. The number of hydrogen-bond donors (Lipinski definition) is 1. The highest BCUT2D eigenvalue weighted by Gasteiger charge is 2.20. The van der Waals surface area contributed by atoms with E-state index in [1.807, 2.05) is 13.8 Å². The first-order valence-corrected chi connectivity index (χ1v) is 12.5.